The minimum Gasteiger partial charge on any atom is -0.309 e. The largest absolute Gasteiger partial charge is 0.309 e. The van der Waals surface area contributed by atoms with Crippen LogP contribution in [-0.2, 0) is 0 Å². The van der Waals surface area contributed by atoms with Gasteiger partial charge in [-0.1, -0.05) is 0 Å². The predicted octanol–water partition coefficient (Wildman–Crippen LogP) is 2.35. The number of rotatable bonds is 4. The van der Waals surface area contributed by atoms with E-state index in [-0.39, 0.29) is 5.82 Å². The molecule has 0 aliphatic carbocycles. The van der Waals surface area contributed by atoms with Gasteiger partial charge in [-0.05, 0) is 32.3 Å². The van der Waals surface area contributed by atoms with Gasteiger partial charge in [-0.15, -0.1) is 11.8 Å². The van der Waals surface area contributed by atoms with Crippen LogP contribution in [0.15, 0.2) is 23.1 Å². The lowest BCUT2D eigenvalue weighted by atomic mass is 10.2. The van der Waals surface area contributed by atoms with Crippen LogP contribution in [0.25, 0.3) is 0 Å². The van der Waals surface area contributed by atoms with Gasteiger partial charge in [0.2, 0.25) is 0 Å². The molecule has 4 heteroatoms. The molecule has 1 aromatic rings. The number of thioether (sulfide) groups is 1. The normalized spacial score (nSPS) is 10.3. The fourth-order valence-electron chi connectivity index (χ4n) is 1.03. The van der Waals surface area contributed by atoms with Crippen LogP contribution in [-0.4, -0.2) is 31.3 Å². The summed E-state index contributed by atoms with van der Waals surface area (Å²) in [7, 11) is 3.96. The topological polar surface area (TPSA) is 27.0 Å². The van der Waals surface area contributed by atoms with Gasteiger partial charge in [0, 0.05) is 17.2 Å². The van der Waals surface area contributed by atoms with Gasteiger partial charge in [0.1, 0.15) is 5.82 Å². The van der Waals surface area contributed by atoms with Crippen LogP contribution in [0.1, 0.15) is 5.56 Å². The highest BCUT2D eigenvalue weighted by Gasteiger charge is 2.03. The summed E-state index contributed by atoms with van der Waals surface area (Å²) in [5, 5.41) is 8.57. The molecule has 0 spiro atoms. The molecule has 0 radical (unpaired) electrons. The summed E-state index contributed by atoms with van der Waals surface area (Å²) in [6, 6.07) is 6.49. The van der Waals surface area contributed by atoms with E-state index >= 15 is 0 Å². The lowest BCUT2D eigenvalue weighted by Crippen LogP contribution is -2.14. The van der Waals surface area contributed by atoms with E-state index in [4.69, 9.17) is 5.26 Å². The highest BCUT2D eigenvalue weighted by molar-refractivity contribution is 7.99. The molecule has 0 N–H and O–H groups in total. The zero-order valence-electron chi connectivity index (χ0n) is 8.83. The predicted molar refractivity (Wildman–Crippen MR) is 60.4 cm³/mol. The minimum absolute atomic E-state index is 0.308. The summed E-state index contributed by atoms with van der Waals surface area (Å²) < 4.78 is 13.4. The van der Waals surface area contributed by atoms with Crippen molar-refractivity contribution in [3.8, 4) is 6.07 Å². The smallest absolute Gasteiger partial charge is 0.138 e. The number of hydrogen-bond acceptors (Lipinski definition) is 3. The summed E-state index contributed by atoms with van der Waals surface area (Å²) in [4.78, 5) is 2.66. The second kappa shape index (κ2) is 5.74. The third-order valence-corrected chi connectivity index (χ3v) is 2.89. The molecule has 15 heavy (non-hydrogen) atoms. The molecule has 80 valence electrons. The first-order chi connectivity index (χ1) is 7.13. The second-order valence-electron chi connectivity index (χ2n) is 3.41. The molecule has 0 saturated carbocycles. The molecular weight excluding hydrogens is 211 g/mol. The first kappa shape index (κ1) is 12.0. The Balaban J connectivity index is 2.59. The monoisotopic (exact) mass is 224 g/mol. The van der Waals surface area contributed by atoms with E-state index < -0.39 is 0 Å². The van der Waals surface area contributed by atoms with Gasteiger partial charge in [0.25, 0.3) is 0 Å². The fraction of sp³-hybridized carbons (Fsp3) is 0.364. The zero-order chi connectivity index (χ0) is 11.3. The molecule has 0 aliphatic rings. The van der Waals surface area contributed by atoms with Gasteiger partial charge < -0.3 is 4.90 Å². The molecule has 0 unspecified atom stereocenters. The molecule has 0 aliphatic heterocycles. The van der Waals surface area contributed by atoms with Crippen molar-refractivity contribution in [3.05, 3.63) is 29.6 Å². The van der Waals surface area contributed by atoms with E-state index in [0.717, 1.165) is 12.3 Å². The highest BCUT2D eigenvalue weighted by atomic mass is 32.2. The van der Waals surface area contributed by atoms with Crippen molar-refractivity contribution in [3.63, 3.8) is 0 Å². The standard InChI is InChI=1S/C11H13FN2S/c1-14(2)5-6-15-11-4-3-9(8-13)7-10(11)12/h3-4,7H,5-6H2,1-2H3. The number of nitrogens with zero attached hydrogens (tertiary/aromatic N) is 2. The summed E-state index contributed by atoms with van der Waals surface area (Å²) in [6.45, 7) is 0.907. The van der Waals surface area contributed by atoms with E-state index in [1.807, 2.05) is 20.2 Å². The van der Waals surface area contributed by atoms with Crippen LogP contribution >= 0.6 is 11.8 Å². The molecule has 0 aromatic heterocycles. The van der Waals surface area contributed by atoms with Crippen molar-refractivity contribution in [1.82, 2.24) is 4.90 Å². The number of halogens is 1. The fourth-order valence-corrected chi connectivity index (χ4v) is 2.06. The molecule has 0 bridgehead atoms. The quantitative estimate of drug-likeness (QED) is 0.735. The first-order valence-electron chi connectivity index (χ1n) is 4.60. The molecule has 0 atom stereocenters. The average Bonchev–Trinajstić information content (AvgIpc) is 2.20. The zero-order valence-corrected chi connectivity index (χ0v) is 9.64. The molecule has 0 amide bonds. The summed E-state index contributed by atoms with van der Waals surface area (Å²) in [6.07, 6.45) is 0. The van der Waals surface area contributed by atoms with Gasteiger partial charge >= 0.3 is 0 Å². The van der Waals surface area contributed by atoms with E-state index in [1.165, 1.54) is 17.8 Å². The Morgan fingerprint density at radius 1 is 1.47 bits per heavy atom. The Kier molecular flexibility index (Phi) is 4.60. The van der Waals surface area contributed by atoms with Gasteiger partial charge in [0.05, 0.1) is 11.6 Å². The summed E-state index contributed by atoms with van der Waals surface area (Å²) >= 11 is 1.47. The van der Waals surface area contributed by atoms with E-state index in [0.29, 0.717) is 10.5 Å². The SMILES string of the molecule is CN(C)CCSc1ccc(C#N)cc1F. The molecule has 0 heterocycles. The van der Waals surface area contributed by atoms with Crippen LogP contribution in [0.5, 0.6) is 0 Å². The molecule has 0 fully saturated rings. The van der Waals surface area contributed by atoms with Crippen molar-refractivity contribution in [2.24, 2.45) is 0 Å². The third kappa shape index (κ3) is 3.90. The van der Waals surface area contributed by atoms with Crippen LogP contribution < -0.4 is 0 Å². The maximum Gasteiger partial charge on any atom is 0.138 e. The highest BCUT2D eigenvalue weighted by Crippen LogP contribution is 2.22. The van der Waals surface area contributed by atoms with Gasteiger partial charge in [0.15, 0.2) is 0 Å². The number of hydrogen-bond donors (Lipinski definition) is 0. The van der Waals surface area contributed by atoms with E-state index in [1.54, 1.807) is 12.1 Å². The van der Waals surface area contributed by atoms with Crippen molar-refractivity contribution < 1.29 is 4.39 Å². The van der Waals surface area contributed by atoms with Crippen LogP contribution in [0.2, 0.25) is 0 Å². The van der Waals surface area contributed by atoms with Gasteiger partial charge in [-0.25, -0.2) is 4.39 Å². The second-order valence-corrected chi connectivity index (χ2v) is 4.55. The van der Waals surface area contributed by atoms with Gasteiger partial charge in [-0.3, -0.25) is 0 Å². The van der Waals surface area contributed by atoms with Crippen molar-refractivity contribution >= 4 is 11.8 Å². The summed E-state index contributed by atoms with van der Waals surface area (Å²) in [5.74, 6) is 0.535. The molecule has 1 aromatic carbocycles. The Bertz CT molecular complexity index is 371. The molecule has 1 rings (SSSR count). The van der Waals surface area contributed by atoms with Crippen LogP contribution in [0.3, 0.4) is 0 Å². The van der Waals surface area contributed by atoms with E-state index in [2.05, 4.69) is 4.90 Å². The van der Waals surface area contributed by atoms with Crippen molar-refractivity contribution in [2.45, 2.75) is 4.90 Å². The molecular formula is C11H13FN2S. The maximum absolute atomic E-state index is 13.4. The van der Waals surface area contributed by atoms with Gasteiger partial charge in [-0.2, -0.15) is 5.26 Å². The number of benzene rings is 1. The van der Waals surface area contributed by atoms with E-state index in [9.17, 15) is 4.39 Å². The maximum atomic E-state index is 13.4. The Morgan fingerprint density at radius 2 is 2.20 bits per heavy atom. The minimum atomic E-state index is -0.308. The summed E-state index contributed by atoms with van der Waals surface area (Å²) in [5.41, 5.74) is 0.365. The molecule has 0 saturated heterocycles. The van der Waals surface area contributed by atoms with Crippen LogP contribution in [0.4, 0.5) is 4.39 Å². The number of nitriles is 1. The third-order valence-electron chi connectivity index (χ3n) is 1.86. The lowest BCUT2D eigenvalue weighted by molar-refractivity contribution is 0.437. The van der Waals surface area contributed by atoms with Crippen molar-refractivity contribution in [2.75, 3.05) is 26.4 Å². The molecule has 2 nitrogen and oxygen atoms in total. The Labute approximate surface area is 93.7 Å². The van der Waals surface area contributed by atoms with Crippen LogP contribution in [0, 0.1) is 17.1 Å². The van der Waals surface area contributed by atoms with Crippen molar-refractivity contribution in [1.29, 1.82) is 5.26 Å². The Hall–Kier alpha value is -1.05. The first-order valence-corrected chi connectivity index (χ1v) is 5.59. The average molecular weight is 224 g/mol. The lowest BCUT2D eigenvalue weighted by Gasteiger charge is -2.08. The Morgan fingerprint density at radius 3 is 2.73 bits per heavy atom.